The number of hydrogen-bond donors (Lipinski definition) is 2. The maximum Gasteiger partial charge on any atom is 0.333 e. The fourth-order valence-electron chi connectivity index (χ4n) is 2.52. The molecule has 15 nitrogen and oxygen atoms in total. The number of hydrogen-bond acceptors (Lipinski definition) is 13. The number of rotatable bonds is 13. The maximum absolute atomic E-state index is 11.1. The summed E-state index contributed by atoms with van der Waals surface area (Å²) in [6, 6.07) is -0.787. The lowest BCUT2D eigenvalue weighted by molar-refractivity contribution is -0.197. The van der Waals surface area contributed by atoms with Crippen LogP contribution >= 0.6 is 0 Å². The van der Waals surface area contributed by atoms with E-state index in [9.17, 15) is 38.4 Å². The number of methoxy groups -OCH3 is 2. The van der Waals surface area contributed by atoms with E-state index in [-0.39, 0.29) is 62.0 Å². The number of carbonyl (C=O) groups excluding carboxylic acids is 8. The Kier molecular flexibility index (Phi) is 26.4. The Balaban J connectivity index is -0.000000537. The molecule has 15 heteroatoms. The lowest BCUT2D eigenvalue weighted by atomic mass is 10.2. The van der Waals surface area contributed by atoms with Crippen LogP contribution < -0.4 is 11.1 Å². The molecule has 0 aromatic heterocycles. The molecule has 248 valence electrons. The molecule has 0 aromatic rings. The number of carbonyl (C=O) groups is 8. The highest BCUT2D eigenvalue weighted by molar-refractivity contribution is 6.01. The van der Waals surface area contributed by atoms with Crippen LogP contribution in [0.3, 0.4) is 0 Å². The highest BCUT2D eigenvalue weighted by Crippen LogP contribution is 2.12. The quantitative estimate of drug-likeness (QED) is 0.217. The van der Waals surface area contributed by atoms with Crippen molar-refractivity contribution >= 4 is 47.2 Å². The van der Waals surface area contributed by atoms with Crippen LogP contribution in [0.25, 0.3) is 0 Å². The van der Waals surface area contributed by atoms with Gasteiger partial charge < -0.3 is 30.3 Å². The smallest absolute Gasteiger partial charge is 0.333 e. The van der Waals surface area contributed by atoms with E-state index in [0.717, 1.165) is 0 Å². The predicted molar refractivity (Wildman–Crippen MR) is 156 cm³/mol. The standard InChI is InChI=1S/C9H11NO6.C9H15NO4.C6H15N.C4H9NO/c1-15-8(13)4-5-9(14)16-10-6(11)2-3-7(10)12;1-6(7(2)11)10-8(12)4-5-9(13)14-3;1-4-7(5-2)6-3;1-3(5)4(2)6/h2-5H2,1H3;6H,4-5H2,1-3H3,(H,10,12);4-6H2,1-3H3;3H,5H2,1-2H3. The third-order valence-electron chi connectivity index (χ3n) is 5.71. The van der Waals surface area contributed by atoms with Crippen LogP contribution in [-0.2, 0) is 52.7 Å². The molecule has 0 aliphatic carbocycles. The molecule has 3 amide bonds. The van der Waals surface area contributed by atoms with Crippen molar-refractivity contribution in [3.8, 4) is 0 Å². The van der Waals surface area contributed by atoms with Gasteiger partial charge in [-0.3, -0.25) is 33.6 Å². The number of amides is 3. The lowest BCUT2D eigenvalue weighted by Gasteiger charge is -2.13. The SMILES string of the molecule is CC(=O)C(C)N.CCN(CC)CC.COC(=O)CCC(=O)NC(C)C(C)=O.COC(=O)CCC(=O)ON1C(=O)CCC1=O. The molecule has 0 bridgehead atoms. The van der Waals surface area contributed by atoms with E-state index in [0.29, 0.717) is 5.06 Å². The summed E-state index contributed by atoms with van der Waals surface area (Å²) in [6.07, 6.45) is -0.210. The van der Waals surface area contributed by atoms with Crippen molar-refractivity contribution in [2.75, 3.05) is 33.9 Å². The van der Waals surface area contributed by atoms with Crippen molar-refractivity contribution in [2.45, 2.75) is 99.1 Å². The van der Waals surface area contributed by atoms with Crippen LogP contribution in [0.5, 0.6) is 0 Å². The molecular formula is C28H50N4O11. The summed E-state index contributed by atoms with van der Waals surface area (Å²) in [5, 5.41) is 2.91. The Labute approximate surface area is 254 Å². The van der Waals surface area contributed by atoms with E-state index in [2.05, 4.69) is 45.3 Å². The number of nitrogens with two attached hydrogens (primary N) is 1. The summed E-state index contributed by atoms with van der Waals surface area (Å²) in [4.78, 5) is 93.4. The molecule has 1 saturated heterocycles. The normalized spacial score (nSPS) is 13.0. The minimum Gasteiger partial charge on any atom is -0.469 e. The molecule has 1 aliphatic rings. The number of nitrogens with one attached hydrogen (secondary N) is 1. The van der Waals surface area contributed by atoms with Gasteiger partial charge in [-0.1, -0.05) is 20.8 Å². The molecule has 43 heavy (non-hydrogen) atoms. The van der Waals surface area contributed by atoms with Gasteiger partial charge in [0, 0.05) is 19.3 Å². The van der Waals surface area contributed by atoms with Gasteiger partial charge in [0.05, 0.1) is 45.6 Å². The lowest BCUT2D eigenvalue weighted by Crippen LogP contribution is -2.37. The van der Waals surface area contributed by atoms with E-state index < -0.39 is 35.8 Å². The van der Waals surface area contributed by atoms with Crippen molar-refractivity contribution in [3.63, 3.8) is 0 Å². The minimum atomic E-state index is -0.811. The van der Waals surface area contributed by atoms with Crippen LogP contribution in [0.1, 0.15) is 87.0 Å². The number of imide groups is 1. The summed E-state index contributed by atoms with van der Waals surface area (Å²) in [6.45, 7) is 16.3. The summed E-state index contributed by atoms with van der Waals surface area (Å²) in [5.41, 5.74) is 5.09. The molecule has 2 unspecified atom stereocenters. The molecule has 2 atom stereocenters. The average Bonchev–Trinajstić information content (AvgIpc) is 3.28. The molecule has 0 aromatic carbocycles. The molecule has 3 N–H and O–H groups in total. The monoisotopic (exact) mass is 618 g/mol. The molecule has 1 fully saturated rings. The fraction of sp³-hybridized carbons (Fsp3) is 0.714. The van der Waals surface area contributed by atoms with Gasteiger partial charge in [0.15, 0.2) is 5.78 Å². The fourth-order valence-corrected chi connectivity index (χ4v) is 2.52. The van der Waals surface area contributed by atoms with Gasteiger partial charge in [0.25, 0.3) is 11.8 Å². The highest BCUT2D eigenvalue weighted by Gasteiger charge is 2.32. The Bertz CT molecular complexity index is 897. The second kappa shape index (κ2) is 25.9. The molecular weight excluding hydrogens is 568 g/mol. The minimum absolute atomic E-state index is 0.0347. The second-order valence-corrected chi connectivity index (χ2v) is 9.12. The molecule has 1 rings (SSSR count). The van der Waals surface area contributed by atoms with Gasteiger partial charge in [-0.15, -0.1) is 5.06 Å². The second-order valence-electron chi connectivity index (χ2n) is 9.12. The van der Waals surface area contributed by atoms with Gasteiger partial charge in [0.1, 0.15) is 5.78 Å². The highest BCUT2D eigenvalue weighted by atomic mass is 16.7. The number of ether oxygens (including phenoxy) is 2. The van der Waals surface area contributed by atoms with E-state index in [1.54, 1.807) is 13.8 Å². The number of nitrogens with zero attached hydrogens (tertiary/aromatic N) is 2. The van der Waals surface area contributed by atoms with Crippen LogP contribution in [0.4, 0.5) is 0 Å². The van der Waals surface area contributed by atoms with Gasteiger partial charge in [0.2, 0.25) is 5.91 Å². The van der Waals surface area contributed by atoms with Gasteiger partial charge in [-0.25, -0.2) is 4.79 Å². The summed E-state index contributed by atoms with van der Waals surface area (Å²) >= 11 is 0. The van der Waals surface area contributed by atoms with Crippen molar-refractivity contribution in [1.82, 2.24) is 15.3 Å². The zero-order valence-electron chi connectivity index (χ0n) is 27.0. The zero-order chi connectivity index (χ0) is 34.1. The van der Waals surface area contributed by atoms with Gasteiger partial charge in [-0.05, 0) is 47.3 Å². The summed E-state index contributed by atoms with van der Waals surface area (Å²) in [5.74, 6) is -3.29. The first-order valence-corrected chi connectivity index (χ1v) is 14.0. The van der Waals surface area contributed by atoms with Crippen LogP contribution in [-0.4, -0.2) is 103 Å². The first-order valence-electron chi connectivity index (χ1n) is 14.0. The molecule has 0 spiro atoms. The molecule has 0 radical (unpaired) electrons. The Morgan fingerprint density at radius 1 is 0.767 bits per heavy atom. The predicted octanol–water partition coefficient (Wildman–Crippen LogP) is 0.851. The number of ketones is 2. The van der Waals surface area contributed by atoms with E-state index in [1.165, 1.54) is 47.7 Å². The number of Topliss-reactive ketones (excluding diaryl/α,β-unsaturated/α-hetero) is 2. The van der Waals surface area contributed by atoms with Crippen molar-refractivity contribution in [3.05, 3.63) is 0 Å². The van der Waals surface area contributed by atoms with E-state index in [4.69, 9.17) is 5.73 Å². The van der Waals surface area contributed by atoms with Crippen LogP contribution in [0.15, 0.2) is 0 Å². The van der Waals surface area contributed by atoms with Crippen molar-refractivity contribution < 1.29 is 52.7 Å². The molecule has 0 saturated carbocycles. The maximum atomic E-state index is 11.1. The first-order chi connectivity index (χ1) is 20.0. The van der Waals surface area contributed by atoms with Gasteiger partial charge in [-0.2, -0.15) is 0 Å². The Morgan fingerprint density at radius 3 is 1.44 bits per heavy atom. The third-order valence-corrected chi connectivity index (χ3v) is 5.71. The van der Waals surface area contributed by atoms with Crippen molar-refractivity contribution in [1.29, 1.82) is 0 Å². The molecule has 1 heterocycles. The Hall–Kier alpha value is -3.72. The average molecular weight is 619 g/mol. The third kappa shape index (κ3) is 24.6. The number of esters is 2. The number of hydroxylamine groups is 2. The topological polar surface area (TPSA) is 209 Å². The Morgan fingerprint density at radius 2 is 1.14 bits per heavy atom. The largest absolute Gasteiger partial charge is 0.469 e. The van der Waals surface area contributed by atoms with Crippen molar-refractivity contribution in [2.24, 2.45) is 5.73 Å². The molecule has 1 aliphatic heterocycles. The summed E-state index contributed by atoms with van der Waals surface area (Å²) in [7, 11) is 2.46. The first kappa shape index (κ1) is 43.7. The van der Waals surface area contributed by atoms with Gasteiger partial charge >= 0.3 is 17.9 Å². The summed E-state index contributed by atoms with van der Waals surface area (Å²) < 4.78 is 8.69. The van der Waals surface area contributed by atoms with E-state index in [1.807, 2.05) is 0 Å². The zero-order valence-corrected chi connectivity index (χ0v) is 27.0. The van der Waals surface area contributed by atoms with Crippen LogP contribution in [0, 0.1) is 0 Å². The van der Waals surface area contributed by atoms with E-state index >= 15 is 0 Å². The van der Waals surface area contributed by atoms with Crippen LogP contribution in [0.2, 0.25) is 0 Å².